The molecule has 2 heterocycles. The van der Waals surface area contributed by atoms with Crippen LogP contribution in [0.1, 0.15) is 12.8 Å². The fourth-order valence-electron chi connectivity index (χ4n) is 3.02. The summed E-state index contributed by atoms with van der Waals surface area (Å²) in [5, 5.41) is 0. The predicted molar refractivity (Wildman–Crippen MR) is 82.6 cm³/mol. The quantitative estimate of drug-likeness (QED) is 0.884. The van der Waals surface area contributed by atoms with Crippen molar-refractivity contribution in [2.24, 2.45) is 11.7 Å². The Balaban J connectivity index is 1.62. The van der Waals surface area contributed by atoms with Gasteiger partial charge in [-0.05, 0) is 31.0 Å². The molecule has 0 aliphatic carbocycles. The molecule has 0 bridgehead atoms. The van der Waals surface area contributed by atoms with Gasteiger partial charge in [0.2, 0.25) is 5.91 Å². The molecule has 2 aliphatic rings. The summed E-state index contributed by atoms with van der Waals surface area (Å²) in [6.45, 7) is 2.56. The zero-order chi connectivity index (χ0) is 15.5. The molecule has 1 unspecified atom stereocenters. The van der Waals surface area contributed by atoms with E-state index in [0.717, 1.165) is 25.2 Å². The van der Waals surface area contributed by atoms with Gasteiger partial charge in [-0.2, -0.15) is 0 Å². The summed E-state index contributed by atoms with van der Waals surface area (Å²) in [5.74, 6) is 1.09. The number of anilines is 1. The number of fused-ring (bicyclic) bond motifs is 1. The minimum atomic E-state index is -0.104. The van der Waals surface area contributed by atoms with E-state index in [1.165, 1.54) is 0 Å². The van der Waals surface area contributed by atoms with Gasteiger partial charge in [0.05, 0.1) is 5.69 Å². The van der Waals surface area contributed by atoms with Crippen LogP contribution in [0.5, 0.6) is 5.75 Å². The van der Waals surface area contributed by atoms with Gasteiger partial charge in [0.1, 0.15) is 5.75 Å². The van der Waals surface area contributed by atoms with Crippen LogP contribution in [-0.2, 0) is 9.59 Å². The molecule has 1 aromatic carbocycles. The molecule has 118 valence electrons. The zero-order valence-corrected chi connectivity index (χ0v) is 12.5. The van der Waals surface area contributed by atoms with Crippen LogP contribution in [0.25, 0.3) is 0 Å². The fraction of sp³-hybridized carbons (Fsp3) is 0.500. The van der Waals surface area contributed by atoms with E-state index in [1.54, 1.807) is 4.90 Å². The number of rotatable bonds is 4. The number of hydrogen-bond acceptors (Lipinski definition) is 4. The molecule has 0 saturated carbocycles. The molecule has 6 heteroatoms. The molecule has 0 aromatic heterocycles. The molecule has 3 rings (SSSR count). The Morgan fingerprint density at radius 1 is 1.36 bits per heavy atom. The van der Waals surface area contributed by atoms with Crippen molar-refractivity contribution < 1.29 is 14.3 Å². The van der Waals surface area contributed by atoms with Gasteiger partial charge in [-0.3, -0.25) is 9.59 Å². The van der Waals surface area contributed by atoms with Crippen molar-refractivity contribution in [3.8, 4) is 5.75 Å². The summed E-state index contributed by atoms with van der Waals surface area (Å²) < 4.78 is 5.40. The molecule has 6 nitrogen and oxygen atoms in total. The molecule has 22 heavy (non-hydrogen) atoms. The van der Waals surface area contributed by atoms with Crippen molar-refractivity contribution in [3.63, 3.8) is 0 Å². The highest BCUT2D eigenvalue weighted by atomic mass is 16.5. The number of ether oxygens (including phenoxy) is 1. The van der Waals surface area contributed by atoms with Gasteiger partial charge < -0.3 is 20.3 Å². The van der Waals surface area contributed by atoms with E-state index in [-0.39, 0.29) is 18.4 Å². The first-order chi connectivity index (χ1) is 10.7. The molecular weight excluding hydrogens is 282 g/mol. The van der Waals surface area contributed by atoms with E-state index < -0.39 is 0 Å². The van der Waals surface area contributed by atoms with Crippen molar-refractivity contribution in [2.45, 2.75) is 12.8 Å². The normalized spacial score (nSPS) is 20.8. The van der Waals surface area contributed by atoms with Crippen LogP contribution in [0, 0.1) is 5.92 Å². The maximum atomic E-state index is 12.3. The lowest BCUT2D eigenvalue weighted by atomic mass is 10.1. The molecule has 2 N–H and O–H groups in total. The molecule has 1 aromatic rings. The smallest absolute Gasteiger partial charge is 0.265 e. The minimum Gasteiger partial charge on any atom is -0.482 e. The molecule has 2 aliphatic heterocycles. The van der Waals surface area contributed by atoms with Gasteiger partial charge >= 0.3 is 0 Å². The SMILES string of the molecule is NCC1CCN(C(=O)CCN2C(=O)COc3ccccc32)C1. The third-order valence-corrected chi connectivity index (χ3v) is 4.33. The number of amides is 2. The highest BCUT2D eigenvalue weighted by Gasteiger charge is 2.28. The topological polar surface area (TPSA) is 75.9 Å². The lowest BCUT2D eigenvalue weighted by Gasteiger charge is -2.29. The van der Waals surface area contributed by atoms with Crippen LogP contribution in [0.15, 0.2) is 24.3 Å². The monoisotopic (exact) mass is 303 g/mol. The van der Waals surface area contributed by atoms with E-state index in [1.807, 2.05) is 29.2 Å². The average molecular weight is 303 g/mol. The third-order valence-electron chi connectivity index (χ3n) is 4.33. The number of carbonyl (C=O) groups is 2. The zero-order valence-electron chi connectivity index (χ0n) is 12.5. The first kappa shape index (κ1) is 14.8. The highest BCUT2D eigenvalue weighted by Crippen LogP contribution is 2.31. The van der Waals surface area contributed by atoms with Gasteiger partial charge in [0.15, 0.2) is 6.61 Å². The molecule has 1 fully saturated rings. The number of carbonyl (C=O) groups excluding carboxylic acids is 2. The van der Waals surface area contributed by atoms with Gasteiger partial charge in [0.25, 0.3) is 5.91 Å². The first-order valence-electron chi connectivity index (χ1n) is 7.69. The maximum absolute atomic E-state index is 12.3. The summed E-state index contributed by atoms with van der Waals surface area (Å²) in [6.07, 6.45) is 1.30. The van der Waals surface area contributed by atoms with Crippen LogP contribution in [0.4, 0.5) is 5.69 Å². The van der Waals surface area contributed by atoms with Crippen LogP contribution in [-0.4, -0.2) is 49.5 Å². The van der Waals surface area contributed by atoms with Crippen molar-refractivity contribution in [2.75, 3.05) is 37.7 Å². The Kier molecular flexibility index (Phi) is 4.29. The van der Waals surface area contributed by atoms with Crippen LogP contribution >= 0.6 is 0 Å². The summed E-state index contributed by atoms with van der Waals surface area (Å²) in [4.78, 5) is 27.8. The van der Waals surface area contributed by atoms with Crippen molar-refractivity contribution in [1.29, 1.82) is 0 Å². The standard InChI is InChI=1S/C16H21N3O3/c17-9-12-5-7-18(10-12)15(20)6-8-19-13-3-1-2-4-14(13)22-11-16(19)21/h1-4,12H,5-11,17H2. The minimum absolute atomic E-state index is 0.0319. The van der Waals surface area contributed by atoms with E-state index in [4.69, 9.17) is 10.5 Å². The number of nitrogens with two attached hydrogens (primary N) is 1. The van der Waals surface area contributed by atoms with Crippen LogP contribution in [0.3, 0.4) is 0 Å². The predicted octanol–water partition coefficient (Wildman–Crippen LogP) is 0.609. The van der Waals surface area contributed by atoms with E-state index in [9.17, 15) is 9.59 Å². The second-order valence-electron chi connectivity index (χ2n) is 5.78. The van der Waals surface area contributed by atoms with Gasteiger partial charge in [-0.1, -0.05) is 12.1 Å². The van der Waals surface area contributed by atoms with E-state index in [2.05, 4.69) is 0 Å². The Bertz CT molecular complexity index is 576. The van der Waals surface area contributed by atoms with Gasteiger partial charge in [-0.25, -0.2) is 0 Å². The Hall–Kier alpha value is -2.08. The molecule has 1 saturated heterocycles. The number of nitrogens with zero attached hydrogens (tertiary/aromatic N) is 2. The Labute approximate surface area is 129 Å². The lowest BCUT2D eigenvalue weighted by molar-refractivity contribution is -0.130. The van der Waals surface area contributed by atoms with Crippen molar-refractivity contribution in [1.82, 2.24) is 4.90 Å². The van der Waals surface area contributed by atoms with Gasteiger partial charge in [0, 0.05) is 26.1 Å². The van der Waals surface area contributed by atoms with Gasteiger partial charge in [-0.15, -0.1) is 0 Å². The summed E-state index contributed by atoms with van der Waals surface area (Å²) in [5.41, 5.74) is 6.40. The van der Waals surface area contributed by atoms with Crippen LogP contribution in [0.2, 0.25) is 0 Å². The average Bonchev–Trinajstić information content (AvgIpc) is 3.03. The van der Waals surface area contributed by atoms with E-state index in [0.29, 0.717) is 31.2 Å². The van der Waals surface area contributed by atoms with Crippen molar-refractivity contribution >= 4 is 17.5 Å². The summed E-state index contributed by atoms with van der Waals surface area (Å²) >= 11 is 0. The Morgan fingerprint density at radius 2 is 2.18 bits per heavy atom. The second kappa shape index (κ2) is 6.36. The Morgan fingerprint density at radius 3 is 2.95 bits per heavy atom. The number of para-hydroxylation sites is 2. The molecule has 0 radical (unpaired) electrons. The summed E-state index contributed by atoms with van der Waals surface area (Å²) in [7, 11) is 0. The largest absolute Gasteiger partial charge is 0.482 e. The first-order valence-corrected chi connectivity index (χ1v) is 7.69. The second-order valence-corrected chi connectivity index (χ2v) is 5.78. The number of benzene rings is 1. The van der Waals surface area contributed by atoms with E-state index >= 15 is 0 Å². The fourth-order valence-corrected chi connectivity index (χ4v) is 3.02. The molecule has 1 atom stereocenters. The third kappa shape index (κ3) is 2.92. The number of hydrogen-bond donors (Lipinski definition) is 1. The van der Waals surface area contributed by atoms with Crippen LogP contribution < -0.4 is 15.4 Å². The number of likely N-dealkylation sites (tertiary alicyclic amines) is 1. The maximum Gasteiger partial charge on any atom is 0.265 e. The summed E-state index contributed by atoms with van der Waals surface area (Å²) in [6, 6.07) is 7.41. The molecule has 2 amide bonds. The molecule has 0 spiro atoms. The lowest BCUT2D eigenvalue weighted by Crippen LogP contribution is -2.41. The molecular formula is C16H21N3O3. The highest BCUT2D eigenvalue weighted by molar-refractivity contribution is 5.98. The van der Waals surface area contributed by atoms with Crippen molar-refractivity contribution in [3.05, 3.63) is 24.3 Å².